The van der Waals surface area contributed by atoms with Crippen molar-refractivity contribution in [3.8, 4) is 0 Å². The third-order valence-corrected chi connectivity index (χ3v) is 6.12. The molecule has 1 saturated carbocycles. The molecule has 0 N–H and O–H groups in total. The lowest BCUT2D eigenvalue weighted by Crippen LogP contribution is -2.49. The normalized spacial score (nSPS) is 27.4. The first-order valence-corrected chi connectivity index (χ1v) is 9.85. The highest BCUT2D eigenvalue weighted by Crippen LogP contribution is 2.35. The van der Waals surface area contributed by atoms with Crippen LogP contribution in [0, 0.1) is 11.8 Å². The highest BCUT2D eigenvalue weighted by Gasteiger charge is 2.39. The van der Waals surface area contributed by atoms with Crippen LogP contribution < -0.4 is 0 Å². The van der Waals surface area contributed by atoms with Crippen molar-refractivity contribution >= 4 is 11.8 Å². The Bertz CT molecular complexity index is 649. The molecule has 0 aromatic carbocycles. The number of hydrogen-bond acceptors (Lipinski definition) is 2. The summed E-state index contributed by atoms with van der Waals surface area (Å²) in [4.78, 5) is 29.8. The van der Waals surface area contributed by atoms with Gasteiger partial charge in [0, 0.05) is 44.5 Å². The predicted octanol–water partition coefficient (Wildman–Crippen LogP) is 2.73. The molecule has 3 aliphatic rings. The van der Waals surface area contributed by atoms with Crippen LogP contribution in [0.5, 0.6) is 0 Å². The van der Waals surface area contributed by atoms with Crippen LogP contribution in [-0.4, -0.2) is 45.8 Å². The molecule has 1 aliphatic carbocycles. The SMILES string of the molecule is Cn1cccc1[C@@H]1CCCCN1C(=O)[C@@H]1CCCN(C(=O)C2CC2)C1. The molecule has 0 bridgehead atoms. The van der Waals surface area contributed by atoms with Gasteiger partial charge in [-0.1, -0.05) is 0 Å². The summed E-state index contributed by atoms with van der Waals surface area (Å²) >= 11 is 0. The van der Waals surface area contributed by atoms with Crippen LogP contribution in [0.3, 0.4) is 0 Å². The molecule has 1 aromatic rings. The van der Waals surface area contributed by atoms with Crippen LogP contribution in [0.25, 0.3) is 0 Å². The minimum Gasteiger partial charge on any atom is -0.353 e. The third-order valence-electron chi connectivity index (χ3n) is 6.12. The number of rotatable bonds is 3. The van der Waals surface area contributed by atoms with Crippen LogP contribution in [0.4, 0.5) is 0 Å². The first-order chi connectivity index (χ1) is 12.1. The Morgan fingerprint density at radius 2 is 1.80 bits per heavy atom. The number of carbonyl (C=O) groups is 2. The van der Waals surface area contributed by atoms with Gasteiger partial charge in [-0.15, -0.1) is 0 Å². The van der Waals surface area contributed by atoms with E-state index in [9.17, 15) is 9.59 Å². The van der Waals surface area contributed by atoms with Crippen molar-refractivity contribution in [2.75, 3.05) is 19.6 Å². The summed E-state index contributed by atoms with van der Waals surface area (Å²) in [7, 11) is 2.06. The number of nitrogens with zero attached hydrogens (tertiary/aromatic N) is 3. The van der Waals surface area contributed by atoms with E-state index in [0.29, 0.717) is 6.54 Å². The average Bonchev–Trinajstić information content (AvgIpc) is 3.42. The Kier molecular flexibility index (Phi) is 4.57. The maximum Gasteiger partial charge on any atom is 0.228 e. The van der Waals surface area contributed by atoms with Gasteiger partial charge in [-0.25, -0.2) is 0 Å². The molecule has 136 valence electrons. The maximum absolute atomic E-state index is 13.3. The van der Waals surface area contributed by atoms with Crippen molar-refractivity contribution in [2.24, 2.45) is 18.9 Å². The standard InChI is InChI=1S/C20H29N3O2/c1-21-11-5-8-17(21)18-7-2-3-13-23(18)20(25)16-6-4-12-22(14-16)19(24)15-9-10-15/h5,8,11,15-16,18H,2-4,6-7,9-10,12-14H2,1H3/t16-,18+/m1/s1. The maximum atomic E-state index is 13.3. The molecular formula is C20H29N3O2. The van der Waals surface area contributed by atoms with Crippen LogP contribution in [-0.2, 0) is 16.6 Å². The number of likely N-dealkylation sites (tertiary alicyclic amines) is 2. The van der Waals surface area contributed by atoms with Gasteiger partial charge in [0.05, 0.1) is 12.0 Å². The minimum atomic E-state index is -0.0164. The number of piperidine rings is 2. The van der Waals surface area contributed by atoms with Crippen molar-refractivity contribution in [3.63, 3.8) is 0 Å². The first-order valence-electron chi connectivity index (χ1n) is 9.85. The lowest BCUT2D eigenvalue weighted by atomic mass is 9.92. The monoisotopic (exact) mass is 343 g/mol. The van der Waals surface area contributed by atoms with Gasteiger partial charge >= 0.3 is 0 Å². The zero-order valence-electron chi connectivity index (χ0n) is 15.2. The second kappa shape index (κ2) is 6.85. The lowest BCUT2D eigenvalue weighted by Gasteiger charge is -2.40. The molecule has 2 aliphatic heterocycles. The Morgan fingerprint density at radius 1 is 0.960 bits per heavy atom. The molecule has 5 heteroatoms. The predicted molar refractivity (Wildman–Crippen MR) is 95.7 cm³/mol. The van der Waals surface area contributed by atoms with E-state index in [2.05, 4.69) is 34.8 Å². The van der Waals surface area contributed by atoms with Gasteiger partial charge in [0.25, 0.3) is 0 Å². The number of aromatic nitrogens is 1. The van der Waals surface area contributed by atoms with Gasteiger partial charge < -0.3 is 14.4 Å². The summed E-state index contributed by atoms with van der Waals surface area (Å²) in [5, 5.41) is 0. The largest absolute Gasteiger partial charge is 0.353 e. The minimum absolute atomic E-state index is 0.0164. The molecule has 3 heterocycles. The molecule has 25 heavy (non-hydrogen) atoms. The van der Waals surface area contributed by atoms with Crippen LogP contribution >= 0.6 is 0 Å². The van der Waals surface area contributed by atoms with Gasteiger partial charge in [-0.2, -0.15) is 0 Å². The third kappa shape index (κ3) is 3.33. The summed E-state index contributed by atoms with van der Waals surface area (Å²) in [5.74, 6) is 0.784. The lowest BCUT2D eigenvalue weighted by molar-refractivity contribution is -0.144. The molecule has 0 spiro atoms. The Hall–Kier alpha value is -1.78. The van der Waals surface area contributed by atoms with E-state index in [1.165, 1.54) is 12.1 Å². The first kappa shape index (κ1) is 16.7. The quantitative estimate of drug-likeness (QED) is 0.847. The molecule has 2 amide bonds. The average molecular weight is 343 g/mol. The second-order valence-corrected chi connectivity index (χ2v) is 7.98. The van der Waals surface area contributed by atoms with E-state index in [-0.39, 0.29) is 29.7 Å². The number of hydrogen-bond donors (Lipinski definition) is 0. The number of carbonyl (C=O) groups excluding carboxylic acids is 2. The Labute approximate surface area is 150 Å². The van der Waals surface area contributed by atoms with Gasteiger partial charge in [-0.3, -0.25) is 9.59 Å². The van der Waals surface area contributed by atoms with E-state index < -0.39 is 0 Å². The summed E-state index contributed by atoms with van der Waals surface area (Å²) < 4.78 is 2.14. The van der Waals surface area contributed by atoms with Gasteiger partial charge in [0.15, 0.2) is 0 Å². The van der Waals surface area contributed by atoms with Crippen molar-refractivity contribution in [2.45, 2.75) is 51.0 Å². The zero-order valence-corrected chi connectivity index (χ0v) is 15.2. The van der Waals surface area contributed by atoms with Crippen LogP contribution in [0.15, 0.2) is 18.3 Å². The molecule has 1 aromatic heterocycles. The molecular weight excluding hydrogens is 314 g/mol. The van der Waals surface area contributed by atoms with E-state index >= 15 is 0 Å². The van der Waals surface area contributed by atoms with E-state index in [4.69, 9.17) is 0 Å². The fraction of sp³-hybridized carbons (Fsp3) is 0.700. The molecule has 5 nitrogen and oxygen atoms in total. The van der Waals surface area contributed by atoms with Crippen LogP contribution in [0.1, 0.15) is 56.7 Å². The highest BCUT2D eigenvalue weighted by atomic mass is 16.2. The van der Waals surface area contributed by atoms with Crippen molar-refractivity contribution < 1.29 is 9.59 Å². The zero-order chi connectivity index (χ0) is 17.4. The summed E-state index contributed by atoms with van der Waals surface area (Å²) in [5.41, 5.74) is 1.23. The molecule has 4 rings (SSSR count). The Morgan fingerprint density at radius 3 is 2.52 bits per heavy atom. The summed E-state index contributed by atoms with van der Waals surface area (Å²) in [6.07, 6.45) is 9.32. The number of amides is 2. The summed E-state index contributed by atoms with van der Waals surface area (Å²) in [6, 6.07) is 4.39. The van der Waals surface area contributed by atoms with E-state index in [1.54, 1.807) is 0 Å². The molecule has 2 atom stereocenters. The smallest absolute Gasteiger partial charge is 0.228 e. The fourth-order valence-corrected chi connectivity index (χ4v) is 4.53. The van der Waals surface area contributed by atoms with Crippen molar-refractivity contribution in [3.05, 3.63) is 24.0 Å². The summed E-state index contributed by atoms with van der Waals surface area (Å²) in [6.45, 7) is 2.31. The fourth-order valence-electron chi connectivity index (χ4n) is 4.53. The van der Waals surface area contributed by atoms with E-state index in [1.807, 2.05) is 4.90 Å². The topological polar surface area (TPSA) is 45.6 Å². The van der Waals surface area contributed by atoms with Crippen LogP contribution in [0.2, 0.25) is 0 Å². The molecule has 0 unspecified atom stereocenters. The Balaban J connectivity index is 1.48. The van der Waals surface area contributed by atoms with Gasteiger partial charge in [-0.05, 0) is 57.1 Å². The second-order valence-electron chi connectivity index (χ2n) is 7.98. The number of aryl methyl sites for hydroxylation is 1. The van der Waals surface area contributed by atoms with E-state index in [0.717, 1.165) is 51.6 Å². The molecule has 3 fully saturated rings. The molecule has 0 radical (unpaired) electrons. The van der Waals surface area contributed by atoms with Crippen molar-refractivity contribution in [1.29, 1.82) is 0 Å². The highest BCUT2D eigenvalue weighted by molar-refractivity contribution is 5.83. The van der Waals surface area contributed by atoms with Crippen molar-refractivity contribution in [1.82, 2.24) is 14.4 Å². The van der Waals surface area contributed by atoms with Gasteiger partial charge in [0.2, 0.25) is 11.8 Å². The molecule has 2 saturated heterocycles. The van der Waals surface area contributed by atoms with Gasteiger partial charge in [0.1, 0.15) is 0 Å².